The normalized spacial score (nSPS) is 10.5. The van der Waals surface area contributed by atoms with Gasteiger partial charge in [0.25, 0.3) is 0 Å². The van der Waals surface area contributed by atoms with Gasteiger partial charge in [-0.25, -0.2) is 0 Å². The van der Waals surface area contributed by atoms with Crippen LogP contribution in [0.1, 0.15) is 28.4 Å². The van der Waals surface area contributed by atoms with Crippen molar-refractivity contribution in [1.82, 2.24) is 0 Å². The van der Waals surface area contributed by atoms with Crippen LogP contribution in [0, 0.1) is 6.92 Å². The summed E-state index contributed by atoms with van der Waals surface area (Å²) in [7, 11) is 0. The zero-order valence-electron chi connectivity index (χ0n) is 14.3. The Hall–Kier alpha value is -3.07. The maximum absolute atomic E-state index is 11.5. The Morgan fingerprint density at radius 2 is 1.64 bits per heavy atom. The van der Waals surface area contributed by atoms with E-state index >= 15 is 0 Å². The second-order valence-electron chi connectivity index (χ2n) is 5.95. The zero-order valence-corrected chi connectivity index (χ0v) is 14.3. The number of rotatable bonds is 5. The average molecular weight is 332 g/mol. The Balaban J connectivity index is 1.86. The molecule has 0 radical (unpaired) electrons. The van der Waals surface area contributed by atoms with Gasteiger partial charge in [-0.2, -0.15) is 0 Å². The second-order valence-corrected chi connectivity index (χ2v) is 5.95. The van der Waals surface area contributed by atoms with E-state index < -0.39 is 0 Å². The molecule has 0 spiro atoms. The number of ether oxygens (including phenoxy) is 1. The first-order valence-corrected chi connectivity index (χ1v) is 8.17. The third-order valence-corrected chi connectivity index (χ3v) is 4.25. The van der Waals surface area contributed by atoms with Crippen molar-refractivity contribution in [3.63, 3.8) is 0 Å². The molecule has 0 fully saturated rings. The van der Waals surface area contributed by atoms with E-state index in [2.05, 4.69) is 18.2 Å². The summed E-state index contributed by atoms with van der Waals surface area (Å²) in [6.45, 7) is 3.57. The molecule has 0 amide bonds. The molecule has 3 rings (SSSR count). The molecule has 0 saturated carbocycles. The lowest BCUT2D eigenvalue weighted by Crippen LogP contribution is -2.01. The van der Waals surface area contributed by atoms with Crippen molar-refractivity contribution in [3.05, 3.63) is 83.4 Å². The largest absolute Gasteiger partial charge is 0.507 e. The Kier molecular flexibility index (Phi) is 4.85. The van der Waals surface area contributed by atoms with Crippen molar-refractivity contribution in [2.75, 3.05) is 0 Å². The summed E-state index contributed by atoms with van der Waals surface area (Å²) in [5.74, 6) is 0.397. The summed E-state index contributed by atoms with van der Waals surface area (Å²) in [5.41, 5.74) is 4.20. The number of phenols is 1. The van der Waals surface area contributed by atoms with Crippen LogP contribution in [0.2, 0.25) is 0 Å². The fourth-order valence-electron chi connectivity index (χ4n) is 2.82. The number of phenolic OH excluding ortho intramolecular Hbond substituents is 1. The van der Waals surface area contributed by atoms with Crippen molar-refractivity contribution in [1.29, 1.82) is 0 Å². The van der Waals surface area contributed by atoms with Gasteiger partial charge >= 0.3 is 0 Å². The highest BCUT2D eigenvalue weighted by molar-refractivity contribution is 5.97. The lowest BCUT2D eigenvalue weighted by molar-refractivity contribution is 0.101. The van der Waals surface area contributed by atoms with E-state index in [4.69, 9.17) is 4.74 Å². The number of hydrogen-bond donors (Lipinski definition) is 1. The molecule has 0 unspecified atom stereocenters. The smallest absolute Gasteiger partial charge is 0.163 e. The van der Waals surface area contributed by atoms with E-state index in [1.54, 1.807) is 19.1 Å². The Morgan fingerprint density at radius 1 is 0.960 bits per heavy atom. The first kappa shape index (κ1) is 16.8. The van der Waals surface area contributed by atoms with Gasteiger partial charge in [-0.1, -0.05) is 54.6 Å². The van der Waals surface area contributed by atoms with Crippen molar-refractivity contribution in [3.8, 4) is 22.6 Å². The van der Waals surface area contributed by atoms with E-state index in [0.29, 0.717) is 23.5 Å². The molecule has 3 aromatic carbocycles. The monoisotopic (exact) mass is 332 g/mol. The van der Waals surface area contributed by atoms with Crippen LogP contribution in [-0.4, -0.2) is 10.9 Å². The molecule has 25 heavy (non-hydrogen) atoms. The van der Waals surface area contributed by atoms with Crippen LogP contribution in [0.15, 0.2) is 66.7 Å². The molecule has 0 aromatic heterocycles. The van der Waals surface area contributed by atoms with E-state index in [-0.39, 0.29) is 11.5 Å². The number of carbonyl (C=O) groups excluding carboxylic acids is 1. The Morgan fingerprint density at radius 3 is 2.36 bits per heavy atom. The maximum atomic E-state index is 11.5. The summed E-state index contributed by atoms with van der Waals surface area (Å²) in [6.07, 6.45) is 0. The molecular weight excluding hydrogens is 312 g/mol. The Bertz CT molecular complexity index is 898. The summed E-state index contributed by atoms with van der Waals surface area (Å²) in [4.78, 5) is 11.5. The maximum Gasteiger partial charge on any atom is 0.163 e. The van der Waals surface area contributed by atoms with E-state index in [1.165, 1.54) is 6.92 Å². The molecule has 0 bridgehead atoms. The van der Waals surface area contributed by atoms with Crippen molar-refractivity contribution in [2.45, 2.75) is 20.5 Å². The molecule has 3 nitrogen and oxygen atoms in total. The lowest BCUT2D eigenvalue weighted by atomic mass is 10.0. The van der Waals surface area contributed by atoms with E-state index in [9.17, 15) is 9.90 Å². The molecule has 0 aliphatic carbocycles. The van der Waals surface area contributed by atoms with Crippen molar-refractivity contribution >= 4 is 5.78 Å². The van der Waals surface area contributed by atoms with Crippen LogP contribution < -0.4 is 4.74 Å². The minimum atomic E-state index is -0.165. The fraction of sp³-hybridized carbons (Fsp3) is 0.136. The van der Waals surface area contributed by atoms with E-state index in [0.717, 1.165) is 16.7 Å². The highest BCUT2D eigenvalue weighted by Gasteiger charge is 2.13. The van der Waals surface area contributed by atoms with Crippen molar-refractivity contribution < 1.29 is 14.6 Å². The lowest BCUT2D eigenvalue weighted by Gasteiger charge is -2.14. The quantitative estimate of drug-likeness (QED) is 0.657. The topological polar surface area (TPSA) is 46.5 Å². The highest BCUT2D eigenvalue weighted by Crippen LogP contribution is 2.32. The molecule has 1 N–H and O–H groups in total. The summed E-state index contributed by atoms with van der Waals surface area (Å²) < 4.78 is 5.93. The first-order chi connectivity index (χ1) is 12.1. The van der Waals surface area contributed by atoms with Gasteiger partial charge in [0.1, 0.15) is 18.1 Å². The third kappa shape index (κ3) is 3.56. The number of benzene rings is 3. The van der Waals surface area contributed by atoms with Gasteiger partial charge in [-0.15, -0.1) is 0 Å². The van der Waals surface area contributed by atoms with Crippen LogP contribution in [0.5, 0.6) is 11.5 Å². The predicted molar refractivity (Wildman–Crippen MR) is 99.1 cm³/mol. The van der Waals surface area contributed by atoms with Gasteiger partial charge in [0, 0.05) is 5.56 Å². The molecule has 0 aliphatic heterocycles. The summed E-state index contributed by atoms with van der Waals surface area (Å²) >= 11 is 0. The SMILES string of the molecule is CC(=O)c1ccc(OCc2ccccc2-c2ccccc2)c(C)c1O. The molecule has 0 saturated heterocycles. The summed E-state index contributed by atoms with van der Waals surface area (Å²) in [5, 5.41) is 10.2. The van der Waals surface area contributed by atoms with Gasteiger partial charge in [0.2, 0.25) is 0 Å². The minimum Gasteiger partial charge on any atom is -0.507 e. The van der Waals surface area contributed by atoms with Gasteiger partial charge in [0.05, 0.1) is 5.56 Å². The molecule has 126 valence electrons. The molecule has 3 heteroatoms. The fourth-order valence-corrected chi connectivity index (χ4v) is 2.82. The number of Topliss-reactive ketones (excluding diaryl/α,β-unsaturated/α-hetero) is 1. The molecule has 0 heterocycles. The number of ketones is 1. The van der Waals surface area contributed by atoms with Crippen molar-refractivity contribution in [2.24, 2.45) is 0 Å². The minimum absolute atomic E-state index is 0.0126. The number of aromatic hydroxyl groups is 1. The van der Waals surface area contributed by atoms with Gasteiger partial charge in [-0.3, -0.25) is 4.79 Å². The Labute approximate surface area is 147 Å². The molecular formula is C22H20O3. The number of hydrogen-bond acceptors (Lipinski definition) is 3. The number of carbonyl (C=O) groups is 1. The molecule has 0 atom stereocenters. The van der Waals surface area contributed by atoms with Gasteiger partial charge < -0.3 is 9.84 Å². The average Bonchev–Trinajstić information content (AvgIpc) is 2.63. The van der Waals surface area contributed by atoms with E-state index in [1.807, 2.05) is 36.4 Å². The first-order valence-electron chi connectivity index (χ1n) is 8.17. The van der Waals surface area contributed by atoms with Gasteiger partial charge in [-0.05, 0) is 42.7 Å². The molecule has 0 aliphatic rings. The van der Waals surface area contributed by atoms with Crippen LogP contribution in [-0.2, 0) is 6.61 Å². The van der Waals surface area contributed by atoms with Crippen LogP contribution in [0.25, 0.3) is 11.1 Å². The second kappa shape index (κ2) is 7.22. The van der Waals surface area contributed by atoms with Crippen LogP contribution in [0.3, 0.4) is 0 Å². The highest BCUT2D eigenvalue weighted by atomic mass is 16.5. The van der Waals surface area contributed by atoms with Crippen LogP contribution >= 0.6 is 0 Å². The summed E-state index contributed by atoms with van der Waals surface area (Å²) in [6, 6.07) is 21.6. The van der Waals surface area contributed by atoms with Crippen LogP contribution in [0.4, 0.5) is 0 Å². The molecule has 3 aromatic rings. The van der Waals surface area contributed by atoms with Gasteiger partial charge in [0.15, 0.2) is 5.78 Å². The third-order valence-electron chi connectivity index (χ3n) is 4.25. The predicted octanol–water partition coefficient (Wildman–Crippen LogP) is 5.15. The standard InChI is InChI=1S/C22H20O3/c1-15-21(13-12-19(16(2)23)22(15)24)25-14-18-10-6-7-11-20(18)17-8-4-3-5-9-17/h3-13,24H,14H2,1-2H3. The zero-order chi connectivity index (χ0) is 17.8.